The van der Waals surface area contributed by atoms with Crippen molar-refractivity contribution < 1.29 is 9.13 Å². The van der Waals surface area contributed by atoms with Crippen molar-refractivity contribution in [2.75, 3.05) is 7.11 Å². The Morgan fingerprint density at radius 2 is 1.86 bits per heavy atom. The fourth-order valence-electron chi connectivity index (χ4n) is 1.28. The lowest BCUT2D eigenvalue weighted by atomic mass is 9.86. The SMILES string of the molecule is COc1cc(F)c(I)cc1C(C)(C)C. The molecule has 1 aromatic carbocycles. The monoisotopic (exact) mass is 308 g/mol. The summed E-state index contributed by atoms with van der Waals surface area (Å²) in [7, 11) is 1.57. The molecule has 0 aliphatic rings. The normalized spacial score (nSPS) is 11.6. The summed E-state index contributed by atoms with van der Waals surface area (Å²) in [6, 6.07) is 3.29. The van der Waals surface area contributed by atoms with Gasteiger partial charge in [-0.25, -0.2) is 4.39 Å². The van der Waals surface area contributed by atoms with E-state index < -0.39 is 0 Å². The highest BCUT2D eigenvalue weighted by molar-refractivity contribution is 14.1. The smallest absolute Gasteiger partial charge is 0.140 e. The number of benzene rings is 1. The molecule has 78 valence electrons. The van der Waals surface area contributed by atoms with E-state index in [0.717, 1.165) is 5.56 Å². The van der Waals surface area contributed by atoms with Crippen LogP contribution in [-0.4, -0.2) is 7.11 Å². The summed E-state index contributed by atoms with van der Waals surface area (Å²) < 4.78 is 19.0. The zero-order valence-corrected chi connectivity index (χ0v) is 11.0. The van der Waals surface area contributed by atoms with E-state index in [0.29, 0.717) is 9.32 Å². The van der Waals surface area contributed by atoms with Crippen molar-refractivity contribution in [2.45, 2.75) is 26.2 Å². The average molecular weight is 308 g/mol. The van der Waals surface area contributed by atoms with Crippen LogP contribution in [0.1, 0.15) is 26.3 Å². The molecule has 0 aliphatic carbocycles. The Morgan fingerprint density at radius 1 is 1.29 bits per heavy atom. The highest BCUT2D eigenvalue weighted by atomic mass is 127. The fraction of sp³-hybridized carbons (Fsp3) is 0.455. The fourth-order valence-corrected chi connectivity index (χ4v) is 1.75. The lowest BCUT2D eigenvalue weighted by Crippen LogP contribution is -2.13. The molecule has 1 nitrogen and oxygen atoms in total. The molecule has 0 saturated carbocycles. The Bertz CT molecular complexity index is 342. The van der Waals surface area contributed by atoms with Gasteiger partial charge in [-0.15, -0.1) is 0 Å². The summed E-state index contributed by atoms with van der Waals surface area (Å²) >= 11 is 1.99. The highest BCUT2D eigenvalue weighted by Gasteiger charge is 2.20. The number of ether oxygens (including phenoxy) is 1. The second-order valence-corrected chi connectivity index (χ2v) is 5.38. The van der Waals surface area contributed by atoms with Crippen molar-refractivity contribution in [2.24, 2.45) is 0 Å². The topological polar surface area (TPSA) is 9.23 Å². The Balaban J connectivity index is 3.35. The van der Waals surface area contributed by atoms with Crippen LogP contribution < -0.4 is 4.74 Å². The minimum absolute atomic E-state index is 0.0288. The van der Waals surface area contributed by atoms with Crippen molar-refractivity contribution in [3.63, 3.8) is 0 Å². The molecule has 1 rings (SSSR count). The van der Waals surface area contributed by atoms with Gasteiger partial charge in [-0.2, -0.15) is 0 Å². The standard InChI is InChI=1S/C11H14FIO/c1-11(2,3)7-5-9(13)8(12)6-10(7)14-4/h5-6H,1-4H3. The van der Waals surface area contributed by atoms with Crippen LogP contribution in [0.4, 0.5) is 4.39 Å². The zero-order valence-electron chi connectivity index (χ0n) is 8.82. The predicted octanol–water partition coefficient (Wildman–Crippen LogP) is 3.74. The maximum atomic E-state index is 13.2. The molecule has 1 aromatic rings. The lowest BCUT2D eigenvalue weighted by Gasteiger charge is -2.22. The van der Waals surface area contributed by atoms with Crippen LogP contribution in [0.3, 0.4) is 0 Å². The molecular weight excluding hydrogens is 294 g/mol. The molecule has 0 N–H and O–H groups in total. The van der Waals surface area contributed by atoms with Gasteiger partial charge >= 0.3 is 0 Å². The van der Waals surface area contributed by atoms with Crippen LogP contribution in [0.25, 0.3) is 0 Å². The van der Waals surface area contributed by atoms with E-state index in [-0.39, 0.29) is 11.2 Å². The van der Waals surface area contributed by atoms with Gasteiger partial charge in [-0.05, 0) is 34.1 Å². The van der Waals surface area contributed by atoms with Crippen molar-refractivity contribution >= 4 is 22.6 Å². The van der Waals surface area contributed by atoms with Crippen LogP contribution in [-0.2, 0) is 5.41 Å². The van der Waals surface area contributed by atoms with Crippen LogP contribution >= 0.6 is 22.6 Å². The minimum Gasteiger partial charge on any atom is -0.496 e. The van der Waals surface area contributed by atoms with Gasteiger partial charge in [0.2, 0.25) is 0 Å². The summed E-state index contributed by atoms with van der Waals surface area (Å²) in [4.78, 5) is 0. The number of hydrogen-bond acceptors (Lipinski definition) is 1. The van der Waals surface area contributed by atoms with Gasteiger partial charge in [0.1, 0.15) is 11.6 Å². The van der Waals surface area contributed by atoms with E-state index >= 15 is 0 Å². The van der Waals surface area contributed by atoms with E-state index in [1.165, 1.54) is 6.07 Å². The first-order valence-corrected chi connectivity index (χ1v) is 5.47. The van der Waals surface area contributed by atoms with E-state index in [1.807, 2.05) is 28.7 Å². The zero-order chi connectivity index (χ0) is 10.9. The van der Waals surface area contributed by atoms with Crippen molar-refractivity contribution in [3.05, 3.63) is 27.1 Å². The molecule has 0 aromatic heterocycles. The molecule has 0 bridgehead atoms. The maximum absolute atomic E-state index is 13.2. The molecule has 0 amide bonds. The summed E-state index contributed by atoms with van der Waals surface area (Å²) in [6.07, 6.45) is 0. The van der Waals surface area contributed by atoms with Crippen LogP contribution in [0.5, 0.6) is 5.75 Å². The van der Waals surface area contributed by atoms with Gasteiger partial charge in [-0.3, -0.25) is 0 Å². The van der Waals surface area contributed by atoms with Gasteiger partial charge in [0.25, 0.3) is 0 Å². The van der Waals surface area contributed by atoms with Crippen molar-refractivity contribution in [3.8, 4) is 5.75 Å². The van der Waals surface area contributed by atoms with Gasteiger partial charge in [0, 0.05) is 15.2 Å². The van der Waals surface area contributed by atoms with E-state index in [2.05, 4.69) is 20.8 Å². The molecule has 14 heavy (non-hydrogen) atoms. The quantitative estimate of drug-likeness (QED) is 0.718. The van der Waals surface area contributed by atoms with Crippen LogP contribution in [0.2, 0.25) is 0 Å². The first-order valence-electron chi connectivity index (χ1n) is 4.40. The summed E-state index contributed by atoms with van der Waals surface area (Å²) in [5.41, 5.74) is 1.00. The summed E-state index contributed by atoms with van der Waals surface area (Å²) in [6.45, 7) is 6.25. The molecule has 0 unspecified atom stereocenters. The Kier molecular flexibility index (Phi) is 3.40. The molecule has 3 heteroatoms. The van der Waals surface area contributed by atoms with E-state index in [4.69, 9.17) is 4.74 Å². The second-order valence-electron chi connectivity index (χ2n) is 4.22. The Labute approximate surface area is 97.8 Å². The molecule has 0 radical (unpaired) electrons. The van der Waals surface area contributed by atoms with Gasteiger partial charge in [0.05, 0.1) is 7.11 Å². The number of methoxy groups -OCH3 is 1. The third kappa shape index (κ3) is 2.38. The maximum Gasteiger partial charge on any atom is 0.140 e. The minimum atomic E-state index is -0.226. The first-order chi connectivity index (χ1) is 6.36. The molecule has 0 spiro atoms. The lowest BCUT2D eigenvalue weighted by molar-refractivity contribution is 0.393. The largest absolute Gasteiger partial charge is 0.496 e. The molecular formula is C11H14FIO. The highest BCUT2D eigenvalue weighted by Crippen LogP contribution is 2.33. The molecule has 0 heterocycles. The van der Waals surface area contributed by atoms with Crippen molar-refractivity contribution in [1.82, 2.24) is 0 Å². The van der Waals surface area contributed by atoms with E-state index in [1.54, 1.807) is 7.11 Å². The van der Waals surface area contributed by atoms with Gasteiger partial charge in [-0.1, -0.05) is 20.8 Å². The Hall–Kier alpha value is -0.320. The number of hydrogen-bond donors (Lipinski definition) is 0. The van der Waals surface area contributed by atoms with Crippen LogP contribution in [0.15, 0.2) is 12.1 Å². The summed E-state index contributed by atoms with van der Waals surface area (Å²) in [5.74, 6) is 0.394. The molecule has 0 fully saturated rings. The molecule has 0 aliphatic heterocycles. The predicted molar refractivity (Wildman–Crippen MR) is 64.4 cm³/mol. The third-order valence-electron chi connectivity index (χ3n) is 2.05. The molecule has 0 saturated heterocycles. The average Bonchev–Trinajstić information content (AvgIpc) is 2.07. The molecule has 0 atom stereocenters. The third-order valence-corrected chi connectivity index (χ3v) is 2.88. The second kappa shape index (κ2) is 4.04. The van der Waals surface area contributed by atoms with Gasteiger partial charge < -0.3 is 4.74 Å². The van der Waals surface area contributed by atoms with E-state index in [9.17, 15) is 4.39 Å². The van der Waals surface area contributed by atoms with Gasteiger partial charge in [0.15, 0.2) is 0 Å². The van der Waals surface area contributed by atoms with Crippen molar-refractivity contribution in [1.29, 1.82) is 0 Å². The number of halogens is 2. The number of rotatable bonds is 1. The first kappa shape index (κ1) is 11.8. The summed E-state index contributed by atoms with van der Waals surface area (Å²) in [5, 5.41) is 0. The van der Waals surface area contributed by atoms with Crippen LogP contribution in [0, 0.1) is 9.39 Å². The Morgan fingerprint density at radius 3 is 2.29 bits per heavy atom.